The second-order valence-electron chi connectivity index (χ2n) is 9.28. The maximum atomic E-state index is 13.3. The van der Waals surface area contributed by atoms with Crippen molar-refractivity contribution in [3.8, 4) is 0 Å². The van der Waals surface area contributed by atoms with Gasteiger partial charge < -0.3 is 19.3 Å². The minimum Gasteiger partial charge on any atom is -0.379 e. The molecule has 37 heavy (non-hydrogen) atoms. The van der Waals surface area contributed by atoms with Gasteiger partial charge in [0.25, 0.3) is 5.91 Å². The Kier molecular flexibility index (Phi) is 9.18. The molecule has 2 aliphatic heterocycles. The van der Waals surface area contributed by atoms with Gasteiger partial charge in [0.1, 0.15) is 0 Å². The average Bonchev–Trinajstić information content (AvgIpc) is 2.91. The van der Waals surface area contributed by atoms with Gasteiger partial charge in [-0.1, -0.05) is 30.3 Å². The molecule has 0 spiro atoms. The molecule has 0 aromatic heterocycles. The van der Waals surface area contributed by atoms with Crippen LogP contribution in [0.25, 0.3) is 0 Å². The van der Waals surface area contributed by atoms with Crippen LogP contribution in [0.4, 0.5) is 13.2 Å². The zero-order valence-electron chi connectivity index (χ0n) is 20.7. The van der Waals surface area contributed by atoms with E-state index in [1.54, 1.807) is 9.80 Å². The summed E-state index contributed by atoms with van der Waals surface area (Å²) in [5, 5.41) is 0. The van der Waals surface area contributed by atoms with Crippen LogP contribution in [0.2, 0.25) is 0 Å². The van der Waals surface area contributed by atoms with Crippen LogP contribution in [0.1, 0.15) is 21.5 Å². The van der Waals surface area contributed by atoms with Gasteiger partial charge in [0.15, 0.2) is 0 Å². The summed E-state index contributed by atoms with van der Waals surface area (Å²) in [7, 11) is 0. The maximum absolute atomic E-state index is 13.3. The number of benzene rings is 2. The van der Waals surface area contributed by atoms with Crippen LogP contribution in [-0.2, 0) is 26.9 Å². The highest BCUT2D eigenvalue weighted by Gasteiger charge is 2.32. The lowest BCUT2D eigenvalue weighted by Crippen LogP contribution is -2.52. The lowest BCUT2D eigenvalue weighted by Gasteiger charge is -2.37. The van der Waals surface area contributed by atoms with Crippen molar-refractivity contribution in [2.24, 2.45) is 0 Å². The molecule has 7 nitrogen and oxygen atoms in total. The molecule has 1 atom stereocenters. The first-order valence-corrected chi connectivity index (χ1v) is 12.5. The number of nitrogens with zero attached hydrogens (tertiary/aromatic N) is 3. The second kappa shape index (κ2) is 12.5. The van der Waals surface area contributed by atoms with Crippen LogP contribution in [0, 0.1) is 0 Å². The Morgan fingerprint density at radius 2 is 1.65 bits per heavy atom. The fourth-order valence-electron chi connectivity index (χ4n) is 4.53. The van der Waals surface area contributed by atoms with Gasteiger partial charge in [-0.2, -0.15) is 13.2 Å². The van der Waals surface area contributed by atoms with Crippen LogP contribution in [0.5, 0.6) is 0 Å². The van der Waals surface area contributed by atoms with E-state index in [4.69, 9.17) is 9.47 Å². The molecule has 2 amide bonds. The Labute approximate surface area is 214 Å². The zero-order chi connectivity index (χ0) is 26.3. The van der Waals surface area contributed by atoms with E-state index in [0.717, 1.165) is 30.8 Å². The number of carbonyl (C=O) groups is 2. The van der Waals surface area contributed by atoms with Crippen molar-refractivity contribution in [3.63, 3.8) is 0 Å². The number of hydrogen-bond donors (Lipinski definition) is 0. The molecule has 2 saturated heterocycles. The van der Waals surface area contributed by atoms with Crippen molar-refractivity contribution in [1.29, 1.82) is 0 Å². The number of halogens is 3. The van der Waals surface area contributed by atoms with E-state index in [2.05, 4.69) is 4.90 Å². The standard InChI is InChI=1S/C27H32F3N3O4/c28-27(29,30)23-8-6-22(7-9-23)26(35)33-14-17-37-24(20-33)19-32(11-10-31-12-15-36-16-13-31)25(34)18-21-4-2-1-3-5-21/h1-9,24H,10-20H2. The molecule has 2 aliphatic rings. The summed E-state index contributed by atoms with van der Waals surface area (Å²) in [5.41, 5.74) is 0.322. The van der Waals surface area contributed by atoms with Crippen molar-refractivity contribution in [1.82, 2.24) is 14.7 Å². The molecular formula is C27H32F3N3O4. The first-order valence-electron chi connectivity index (χ1n) is 12.5. The molecule has 200 valence electrons. The average molecular weight is 520 g/mol. The highest BCUT2D eigenvalue weighted by Crippen LogP contribution is 2.29. The van der Waals surface area contributed by atoms with E-state index < -0.39 is 17.8 Å². The normalized spacial score (nSPS) is 19.0. The van der Waals surface area contributed by atoms with Gasteiger partial charge in [0, 0.05) is 51.4 Å². The fourth-order valence-corrected chi connectivity index (χ4v) is 4.53. The number of hydrogen-bond acceptors (Lipinski definition) is 5. The summed E-state index contributed by atoms with van der Waals surface area (Å²) in [6, 6.07) is 13.8. The third-order valence-corrected chi connectivity index (χ3v) is 6.65. The van der Waals surface area contributed by atoms with E-state index in [0.29, 0.717) is 46.0 Å². The molecule has 2 heterocycles. The molecule has 0 radical (unpaired) electrons. The number of alkyl halides is 3. The first kappa shape index (κ1) is 27.1. The number of carbonyl (C=O) groups excluding carboxylic acids is 2. The summed E-state index contributed by atoms with van der Waals surface area (Å²) < 4.78 is 50.0. The summed E-state index contributed by atoms with van der Waals surface area (Å²) in [6.45, 7) is 5.42. The quantitative estimate of drug-likeness (QED) is 0.537. The molecule has 10 heteroatoms. The van der Waals surface area contributed by atoms with Crippen molar-refractivity contribution in [3.05, 3.63) is 71.3 Å². The van der Waals surface area contributed by atoms with Crippen molar-refractivity contribution >= 4 is 11.8 Å². The van der Waals surface area contributed by atoms with E-state index >= 15 is 0 Å². The molecule has 2 aromatic carbocycles. The van der Waals surface area contributed by atoms with Crippen molar-refractivity contribution in [2.45, 2.75) is 18.7 Å². The summed E-state index contributed by atoms with van der Waals surface area (Å²) in [4.78, 5) is 31.9. The molecule has 2 fully saturated rings. The largest absolute Gasteiger partial charge is 0.416 e. The van der Waals surface area contributed by atoms with E-state index in [1.807, 2.05) is 30.3 Å². The number of amides is 2. The minimum atomic E-state index is -4.46. The van der Waals surface area contributed by atoms with Gasteiger partial charge in [-0.05, 0) is 29.8 Å². The smallest absolute Gasteiger partial charge is 0.379 e. The zero-order valence-corrected chi connectivity index (χ0v) is 20.7. The Hall–Kier alpha value is -2.95. The van der Waals surface area contributed by atoms with Crippen LogP contribution in [0.3, 0.4) is 0 Å². The van der Waals surface area contributed by atoms with Gasteiger partial charge in [-0.3, -0.25) is 14.5 Å². The van der Waals surface area contributed by atoms with Crippen LogP contribution in [-0.4, -0.2) is 98.3 Å². The lowest BCUT2D eigenvalue weighted by molar-refractivity contribution is -0.137. The van der Waals surface area contributed by atoms with Crippen molar-refractivity contribution < 1.29 is 32.2 Å². The predicted molar refractivity (Wildman–Crippen MR) is 131 cm³/mol. The van der Waals surface area contributed by atoms with Gasteiger partial charge >= 0.3 is 6.18 Å². The summed E-state index contributed by atoms with van der Waals surface area (Å²) >= 11 is 0. The maximum Gasteiger partial charge on any atom is 0.416 e. The van der Waals surface area contributed by atoms with Gasteiger partial charge in [0.05, 0.1) is 37.9 Å². The summed E-state index contributed by atoms with van der Waals surface area (Å²) in [6.07, 6.45) is -4.58. The SMILES string of the molecule is O=C(Cc1ccccc1)N(CCN1CCOCC1)CC1CN(C(=O)c2ccc(C(F)(F)F)cc2)CCO1. The molecule has 0 aliphatic carbocycles. The molecule has 1 unspecified atom stereocenters. The Bertz CT molecular complexity index is 1030. The number of morpholine rings is 2. The third kappa shape index (κ3) is 7.77. The lowest BCUT2D eigenvalue weighted by atomic mass is 10.1. The van der Waals surface area contributed by atoms with Crippen LogP contribution < -0.4 is 0 Å². The number of rotatable bonds is 8. The molecule has 4 rings (SSSR count). The Morgan fingerprint density at radius 1 is 0.946 bits per heavy atom. The molecule has 2 aromatic rings. The van der Waals surface area contributed by atoms with E-state index in [-0.39, 0.29) is 30.3 Å². The van der Waals surface area contributed by atoms with Gasteiger partial charge in [0.2, 0.25) is 5.91 Å². The fraction of sp³-hybridized carbons (Fsp3) is 0.481. The highest BCUT2D eigenvalue weighted by molar-refractivity contribution is 5.94. The topological polar surface area (TPSA) is 62.3 Å². The van der Waals surface area contributed by atoms with E-state index in [1.165, 1.54) is 12.1 Å². The van der Waals surface area contributed by atoms with Crippen LogP contribution in [0.15, 0.2) is 54.6 Å². The molecular weight excluding hydrogens is 487 g/mol. The van der Waals surface area contributed by atoms with Gasteiger partial charge in [-0.25, -0.2) is 0 Å². The number of ether oxygens (including phenoxy) is 2. The highest BCUT2D eigenvalue weighted by atomic mass is 19.4. The van der Waals surface area contributed by atoms with Crippen molar-refractivity contribution in [2.75, 3.05) is 65.6 Å². The second-order valence-corrected chi connectivity index (χ2v) is 9.28. The Morgan fingerprint density at radius 3 is 2.32 bits per heavy atom. The summed E-state index contributed by atoms with van der Waals surface area (Å²) in [5.74, 6) is -0.369. The predicted octanol–water partition coefficient (Wildman–Crippen LogP) is 2.95. The first-order chi connectivity index (χ1) is 17.8. The molecule has 0 saturated carbocycles. The van der Waals surface area contributed by atoms with Gasteiger partial charge in [-0.15, -0.1) is 0 Å². The van der Waals surface area contributed by atoms with E-state index in [9.17, 15) is 22.8 Å². The molecule has 0 N–H and O–H groups in total. The monoisotopic (exact) mass is 519 g/mol. The van der Waals surface area contributed by atoms with Crippen LogP contribution >= 0.6 is 0 Å². The molecule has 0 bridgehead atoms. The Balaban J connectivity index is 1.39. The minimum absolute atomic E-state index is 0.0192. The third-order valence-electron chi connectivity index (χ3n) is 6.65.